The Hall–Kier alpha value is -1.94. The molecule has 0 aromatic heterocycles. The van der Waals surface area contributed by atoms with Crippen LogP contribution in [0, 0.1) is 17.8 Å². The predicted octanol–water partition coefficient (Wildman–Crippen LogP) is 18.7. The minimum absolute atomic E-state index is 0.102. The molecule has 0 radical (unpaired) electrons. The molecular formula is C67H130O17P2. The Kier molecular flexibility index (Phi) is 56.9. The largest absolute Gasteiger partial charge is 0.472 e. The second-order valence-corrected chi connectivity index (χ2v) is 28.3. The normalized spacial score (nSPS) is 14.6. The second kappa shape index (κ2) is 58.2. The molecule has 0 rings (SSSR count). The third-order valence-electron chi connectivity index (χ3n) is 15.7. The number of aliphatic hydroxyl groups excluding tert-OH is 1. The van der Waals surface area contributed by atoms with Gasteiger partial charge >= 0.3 is 39.5 Å². The summed E-state index contributed by atoms with van der Waals surface area (Å²) in [7, 11) is -9.89. The third kappa shape index (κ3) is 59.7. The fourth-order valence-electron chi connectivity index (χ4n) is 9.98. The number of aliphatic hydroxyl groups is 1. The Bertz CT molecular complexity index is 1700. The quantitative estimate of drug-likeness (QED) is 0.0222. The van der Waals surface area contributed by atoms with E-state index in [1.807, 2.05) is 0 Å². The maximum absolute atomic E-state index is 13.0. The molecule has 0 amide bonds. The van der Waals surface area contributed by atoms with E-state index in [0.717, 1.165) is 102 Å². The Morgan fingerprint density at radius 1 is 0.337 bits per heavy atom. The summed E-state index contributed by atoms with van der Waals surface area (Å²) in [5.41, 5.74) is 0. The molecule has 19 heteroatoms. The lowest BCUT2D eigenvalue weighted by Crippen LogP contribution is -2.30. The first-order valence-corrected chi connectivity index (χ1v) is 37.9. The van der Waals surface area contributed by atoms with E-state index in [0.29, 0.717) is 37.5 Å². The number of ether oxygens (including phenoxy) is 4. The summed E-state index contributed by atoms with van der Waals surface area (Å²) in [5.74, 6) is 0.0709. The molecule has 3 N–H and O–H groups in total. The van der Waals surface area contributed by atoms with Crippen LogP contribution in [0.2, 0.25) is 0 Å². The van der Waals surface area contributed by atoms with Crippen molar-refractivity contribution in [2.45, 2.75) is 349 Å². The van der Waals surface area contributed by atoms with E-state index in [1.165, 1.54) is 135 Å². The topological polar surface area (TPSA) is 237 Å². The molecule has 0 fully saturated rings. The second-order valence-electron chi connectivity index (χ2n) is 25.4. The van der Waals surface area contributed by atoms with Gasteiger partial charge in [-0.1, -0.05) is 280 Å². The highest BCUT2D eigenvalue weighted by atomic mass is 31.2. The number of carbonyl (C=O) groups is 4. The van der Waals surface area contributed by atoms with Crippen molar-refractivity contribution in [1.82, 2.24) is 0 Å². The molecule has 6 atom stereocenters. The highest BCUT2D eigenvalue weighted by Crippen LogP contribution is 2.45. The van der Waals surface area contributed by atoms with Gasteiger partial charge in [-0.3, -0.25) is 37.3 Å². The van der Waals surface area contributed by atoms with Gasteiger partial charge in [-0.05, 0) is 43.4 Å². The highest BCUT2D eigenvalue weighted by molar-refractivity contribution is 7.47. The van der Waals surface area contributed by atoms with Gasteiger partial charge in [0.1, 0.15) is 19.3 Å². The van der Waals surface area contributed by atoms with Crippen molar-refractivity contribution in [3.63, 3.8) is 0 Å². The van der Waals surface area contributed by atoms with Crippen LogP contribution in [0.3, 0.4) is 0 Å². The first kappa shape index (κ1) is 84.1. The number of rotatable bonds is 65. The molecule has 17 nitrogen and oxygen atoms in total. The summed E-state index contributed by atoms with van der Waals surface area (Å²) in [6, 6.07) is 0. The molecule has 86 heavy (non-hydrogen) atoms. The first-order chi connectivity index (χ1) is 41.3. The van der Waals surface area contributed by atoms with Crippen LogP contribution in [-0.2, 0) is 65.4 Å². The van der Waals surface area contributed by atoms with E-state index in [9.17, 15) is 43.2 Å². The Labute approximate surface area is 524 Å². The summed E-state index contributed by atoms with van der Waals surface area (Å²) in [5, 5.41) is 10.6. The number of phosphoric ester groups is 2. The monoisotopic (exact) mass is 1270 g/mol. The molecule has 3 unspecified atom stereocenters. The molecule has 0 aliphatic heterocycles. The molecule has 0 saturated carbocycles. The molecule has 0 spiro atoms. The van der Waals surface area contributed by atoms with Crippen LogP contribution in [0.4, 0.5) is 0 Å². The van der Waals surface area contributed by atoms with Crippen molar-refractivity contribution in [2.24, 2.45) is 17.8 Å². The smallest absolute Gasteiger partial charge is 0.462 e. The number of phosphoric acid groups is 2. The predicted molar refractivity (Wildman–Crippen MR) is 344 cm³/mol. The number of carbonyl (C=O) groups excluding carboxylic acids is 4. The number of hydrogen-bond acceptors (Lipinski definition) is 15. The molecule has 0 heterocycles. The van der Waals surface area contributed by atoms with Crippen LogP contribution in [0.15, 0.2) is 0 Å². The summed E-state index contributed by atoms with van der Waals surface area (Å²) in [6.07, 6.45) is 40.3. The molecule has 0 aromatic carbocycles. The van der Waals surface area contributed by atoms with Crippen molar-refractivity contribution < 1.29 is 80.2 Å². The summed E-state index contributed by atoms with van der Waals surface area (Å²) in [4.78, 5) is 72.4. The third-order valence-corrected chi connectivity index (χ3v) is 17.6. The lowest BCUT2D eigenvalue weighted by atomic mass is 9.99. The zero-order chi connectivity index (χ0) is 63.8. The molecule has 0 saturated heterocycles. The number of esters is 4. The maximum Gasteiger partial charge on any atom is 0.472 e. The first-order valence-electron chi connectivity index (χ1n) is 34.9. The van der Waals surface area contributed by atoms with E-state index in [4.69, 9.17) is 37.0 Å². The zero-order valence-electron chi connectivity index (χ0n) is 55.8. The van der Waals surface area contributed by atoms with Gasteiger partial charge in [0.15, 0.2) is 12.2 Å². The number of hydrogen-bond donors (Lipinski definition) is 3. The minimum atomic E-state index is -4.95. The molecule has 510 valence electrons. The molecular weight excluding hydrogens is 1140 g/mol. The average molecular weight is 1270 g/mol. The molecule has 0 aromatic rings. The maximum atomic E-state index is 13.0. The summed E-state index contributed by atoms with van der Waals surface area (Å²) < 4.78 is 68.1. The van der Waals surface area contributed by atoms with Crippen LogP contribution in [0.25, 0.3) is 0 Å². The minimum Gasteiger partial charge on any atom is -0.462 e. The van der Waals surface area contributed by atoms with Gasteiger partial charge in [0.05, 0.1) is 26.4 Å². The van der Waals surface area contributed by atoms with E-state index in [-0.39, 0.29) is 25.7 Å². The fraction of sp³-hybridized carbons (Fsp3) is 0.940. The van der Waals surface area contributed by atoms with Crippen LogP contribution >= 0.6 is 15.6 Å². The number of unbranched alkanes of at least 4 members (excludes halogenated alkanes) is 32. The Balaban J connectivity index is 5.25. The van der Waals surface area contributed by atoms with Crippen molar-refractivity contribution in [2.75, 3.05) is 39.6 Å². The van der Waals surface area contributed by atoms with Crippen LogP contribution in [0.5, 0.6) is 0 Å². The highest BCUT2D eigenvalue weighted by Gasteiger charge is 2.30. The summed E-state index contributed by atoms with van der Waals surface area (Å²) in [6.45, 7) is 11.7. The fourth-order valence-corrected chi connectivity index (χ4v) is 11.6. The van der Waals surface area contributed by atoms with Crippen molar-refractivity contribution in [3.8, 4) is 0 Å². The molecule has 0 bridgehead atoms. The van der Waals surface area contributed by atoms with Crippen LogP contribution in [-0.4, -0.2) is 96.7 Å². The Morgan fingerprint density at radius 2 is 0.593 bits per heavy atom. The van der Waals surface area contributed by atoms with Crippen molar-refractivity contribution in [3.05, 3.63) is 0 Å². The van der Waals surface area contributed by atoms with Crippen LogP contribution in [0.1, 0.15) is 331 Å². The van der Waals surface area contributed by atoms with Crippen LogP contribution < -0.4 is 0 Å². The lowest BCUT2D eigenvalue weighted by Gasteiger charge is -2.21. The van der Waals surface area contributed by atoms with Gasteiger partial charge in [0.25, 0.3) is 0 Å². The van der Waals surface area contributed by atoms with Gasteiger partial charge in [-0.25, -0.2) is 9.13 Å². The van der Waals surface area contributed by atoms with Crippen molar-refractivity contribution >= 4 is 39.5 Å². The zero-order valence-corrected chi connectivity index (χ0v) is 57.6. The van der Waals surface area contributed by atoms with Gasteiger partial charge in [-0.15, -0.1) is 0 Å². The van der Waals surface area contributed by atoms with Gasteiger partial charge in [0.2, 0.25) is 0 Å². The van der Waals surface area contributed by atoms with Gasteiger partial charge in [-0.2, -0.15) is 0 Å². The van der Waals surface area contributed by atoms with E-state index < -0.39 is 97.5 Å². The average Bonchev–Trinajstić information content (AvgIpc) is 3.67. The van der Waals surface area contributed by atoms with Gasteiger partial charge in [0, 0.05) is 25.7 Å². The lowest BCUT2D eigenvalue weighted by molar-refractivity contribution is -0.161. The SMILES string of the molecule is CCCCCCCCCCCCCCC(=O)OC[C@H](COP(=O)(O)OC[C@@H](O)COP(=O)(O)OC[C@@H](COC(=O)CCCCCCCCCC(C)C)OC(=O)CCCCCCCCCC(C)C)OC(=O)CCCCCCCCCCCCC(C)CC. The van der Waals surface area contributed by atoms with Crippen molar-refractivity contribution in [1.29, 1.82) is 0 Å². The van der Waals surface area contributed by atoms with E-state index >= 15 is 0 Å². The summed E-state index contributed by atoms with van der Waals surface area (Å²) >= 11 is 0. The Morgan fingerprint density at radius 3 is 0.884 bits per heavy atom. The standard InChI is InChI=1S/C67H130O17P2/c1-8-10-11-12-13-14-15-16-20-27-34-41-48-64(69)77-54-62(83-66(71)50-43-36-28-21-18-17-19-26-33-40-47-60(7)9-2)56-81-85(73,74)79-52-61(68)53-80-86(75,76)82-57-63(84-67(72)51-44-37-30-23-25-32-39-46-59(5)6)55-78-65(70)49-42-35-29-22-24-31-38-45-58(3)4/h58-63,68H,8-57H2,1-7H3,(H,73,74)(H,75,76)/t60?,61-,62-,63-/m1/s1. The van der Waals surface area contributed by atoms with E-state index in [1.54, 1.807) is 0 Å². The molecule has 0 aliphatic carbocycles. The van der Waals surface area contributed by atoms with E-state index in [2.05, 4.69) is 48.5 Å². The molecule has 0 aliphatic rings. The van der Waals surface area contributed by atoms with Gasteiger partial charge < -0.3 is 33.8 Å².